The Labute approximate surface area is 117 Å². The van der Waals surface area contributed by atoms with Gasteiger partial charge in [0.25, 0.3) is 5.56 Å². The van der Waals surface area contributed by atoms with E-state index in [0.717, 1.165) is 18.5 Å². The van der Waals surface area contributed by atoms with Crippen LogP contribution >= 0.6 is 0 Å². The molecule has 0 saturated carbocycles. The fourth-order valence-electron chi connectivity index (χ4n) is 2.72. The van der Waals surface area contributed by atoms with Crippen molar-refractivity contribution >= 4 is 11.5 Å². The monoisotopic (exact) mass is 270 g/mol. The fraction of sp³-hybridized carbons (Fsp3) is 0.333. The van der Waals surface area contributed by atoms with Crippen molar-refractivity contribution in [1.29, 1.82) is 0 Å². The molecule has 0 saturated heterocycles. The normalized spacial score (nSPS) is 16.9. The van der Waals surface area contributed by atoms with Crippen LogP contribution in [0.1, 0.15) is 36.3 Å². The fourth-order valence-corrected chi connectivity index (χ4v) is 2.72. The van der Waals surface area contributed by atoms with Crippen LogP contribution < -0.4 is 16.6 Å². The number of anilines is 2. The van der Waals surface area contributed by atoms with Crippen LogP contribution in [0.3, 0.4) is 0 Å². The highest BCUT2D eigenvalue weighted by atomic mass is 16.1. The van der Waals surface area contributed by atoms with Crippen molar-refractivity contribution in [3.63, 3.8) is 0 Å². The molecule has 1 atom stereocenters. The standard InChI is InChI=1S/C15H18N4O/c1-2-13-18-14(8-15(20)19-13)17-12-6-3-9-7-10(16)4-5-11(9)12/h4-5,7-8,12H,2-3,6,16H2,1H3,(H2,17,18,19,20). The summed E-state index contributed by atoms with van der Waals surface area (Å²) >= 11 is 0. The van der Waals surface area contributed by atoms with Crippen molar-refractivity contribution in [3.8, 4) is 0 Å². The van der Waals surface area contributed by atoms with Gasteiger partial charge in [0.05, 0.1) is 6.04 Å². The first-order valence-corrected chi connectivity index (χ1v) is 6.91. The molecule has 0 fully saturated rings. The Hall–Kier alpha value is -2.30. The lowest BCUT2D eigenvalue weighted by Gasteiger charge is -2.15. The summed E-state index contributed by atoms with van der Waals surface area (Å²) in [6.45, 7) is 1.97. The van der Waals surface area contributed by atoms with E-state index in [0.29, 0.717) is 18.1 Å². The second-order valence-corrected chi connectivity index (χ2v) is 5.12. The van der Waals surface area contributed by atoms with E-state index in [1.165, 1.54) is 17.2 Å². The molecule has 1 aromatic heterocycles. The maximum atomic E-state index is 11.6. The zero-order chi connectivity index (χ0) is 14.1. The Morgan fingerprint density at radius 3 is 3.10 bits per heavy atom. The van der Waals surface area contributed by atoms with Crippen molar-refractivity contribution in [1.82, 2.24) is 9.97 Å². The third kappa shape index (κ3) is 2.39. The van der Waals surface area contributed by atoms with Gasteiger partial charge in [-0.2, -0.15) is 0 Å². The van der Waals surface area contributed by atoms with Crippen LogP contribution in [0.5, 0.6) is 0 Å². The van der Waals surface area contributed by atoms with Crippen LogP contribution in [0, 0.1) is 0 Å². The molecule has 1 aromatic carbocycles. The van der Waals surface area contributed by atoms with Gasteiger partial charge in [0.1, 0.15) is 11.6 Å². The quantitative estimate of drug-likeness (QED) is 0.745. The number of hydrogen-bond donors (Lipinski definition) is 3. The van der Waals surface area contributed by atoms with Gasteiger partial charge in [-0.25, -0.2) is 4.98 Å². The number of nitrogens with zero attached hydrogens (tertiary/aromatic N) is 1. The highest BCUT2D eigenvalue weighted by Crippen LogP contribution is 2.34. The van der Waals surface area contributed by atoms with Gasteiger partial charge in [-0.3, -0.25) is 4.79 Å². The Morgan fingerprint density at radius 1 is 1.45 bits per heavy atom. The Morgan fingerprint density at radius 2 is 2.30 bits per heavy atom. The van der Waals surface area contributed by atoms with E-state index in [2.05, 4.69) is 21.4 Å². The van der Waals surface area contributed by atoms with Crippen molar-refractivity contribution in [2.45, 2.75) is 32.2 Å². The third-order valence-electron chi connectivity index (χ3n) is 3.69. The first kappa shape index (κ1) is 12.7. The smallest absolute Gasteiger partial charge is 0.252 e. The zero-order valence-electron chi connectivity index (χ0n) is 11.4. The lowest BCUT2D eigenvalue weighted by Crippen LogP contribution is -2.15. The highest BCUT2D eigenvalue weighted by Gasteiger charge is 2.22. The second kappa shape index (κ2) is 5.00. The molecule has 0 spiro atoms. The largest absolute Gasteiger partial charge is 0.399 e. The maximum Gasteiger partial charge on any atom is 0.252 e. The van der Waals surface area contributed by atoms with Crippen molar-refractivity contribution in [2.75, 3.05) is 11.1 Å². The Kier molecular flexibility index (Phi) is 3.18. The summed E-state index contributed by atoms with van der Waals surface area (Å²) in [5.41, 5.74) is 9.02. The van der Waals surface area contributed by atoms with Crippen molar-refractivity contribution < 1.29 is 0 Å². The molecule has 5 nitrogen and oxygen atoms in total. The molecular weight excluding hydrogens is 252 g/mol. The lowest BCUT2D eigenvalue weighted by atomic mass is 10.1. The number of aryl methyl sites for hydroxylation is 2. The summed E-state index contributed by atoms with van der Waals surface area (Å²) in [4.78, 5) is 18.7. The number of benzene rings is 1. The van der Waals surface area contributed by atoms with E-state index in [1.807, 2.05) is 19.1 Å². The average molecular weight is 270 g/mol. The number of fused-ring (bicyclic) bond motifs is 1. The summed E-state index contributed by atoms with van der Waals surface area (Å²) in [6, 6.07) is 7.71. The van der Waals surface area contributed by atoms with E-state index in [1.54, 1.807) is 0 Å². The van der Waals surface area contributed by atoms with E-state index in [4.69, 9.17) is 5.73 Å². The summed E-state index contributed by atoms with van der Waals surface area (Å²) < 4.78 is 0. The van der Waals surface area contributed by atoms with Gasteiger partial charge in [0.2, 0.25) is 0 Å². The van der Waals surface area contributed by atoms with Gasteiger partial charge < -0.3 is 16.0 Å². The van der Waals surface area contributed by atoms with Crippen LogP contribution in [0.25, 0.3) is 0 Å². The molecule has 104 valence electrons. The molecule has 1 heterocycles. The number of nitrogens with two attached hydrogens (primary N) is 1. The molecule has 20 heavy (non-hydrogen) atoms. The second-order valence-electron chi connectivity index (χ2n) is 5.12. The van der Waals surface area contributed by atoms with Gasteiger partial charge >= 0.3 is 0 Å². The number of hydrogen-bond acceptors (Lipinski definition) is 4. The van der Waals surface area contributed by atoms with Crippen LogP contribution in [-0.2, 0) is 12.8 Å². The molecule has 1 aliphatic carbocycles. The summed E-state index contributed by atoms with van der Waals surface area (Å²) in [5.74, 6) is 1.34. The van der Waals surface area contributed by atoms with E-state index < -0.39 is 0 Å². The summed E-state index contributed by atoms with van der Waals surface area (Å²) in [7, 11) is 0. The first-order chi connectivity index (χ1) is 9.65. The number of nitrogens with one attached hydrogen (secondary N) is 2. The number of rotatable bonds is 3. The van der Waals surface area contributed by atoms with Gasteiger partial charge in [0, 0.05) is 18.2 Å². The lowest BCUT2D eigenvalue weighted by molar-refractivity contribution is 0.752. The SMILES string of the molecule is CCc1nc(NC2CCc3cc(N)ccc32)cc(=O)[nH]1. The molecule has 5 heteroatoms. The number of aromatic amines is 1. The number of aromatic nitrogens is 2. The van der Waals surface area contributed by atoms with Crippen molar-refractivity contribution in [2.24, 2.45) is 0 Å². The molecular formula is C15H18N4O. The molecule has 3 rings (SSSR count). The molecule has 0 bridgehead atoms. The van der Waals surface area contributed by atoms with Gasteiger partial charge in [0.15, 0.2) is 0 Å². The van der Waals surface area contributed by atoms with Crippen molar-refractivity contribution in [3.05, 3.63) is 51.6 Å². The van der Waals surface area contributed by atoms with E-state index in [9.17, 15) is 4.79 Å². The summed E-state index contributed by atoms with van der Waals surface area (Å²) in [5, 5.41) is 3.36. The highest BCUT2D eigenvalue weighted by molar-refractivity contribution is 5.50. The third-order valence-corrected chi connectivity index (χ3v) is 3.69. The van der Waals surface area contributed by atoms with Crippen LogP contribution in [-0.4, -0.2) is 9.97 Å². The number of nitrogen functional groups attached to an aromatic ring is 1. The average Bonchev–Trinajstić information content (AvgIpc) is 2.80. The van der Waals surface area contributed by atoms with Gasteiger partial charge in [-0.05, 0) is 36.1 Å². The van der Waals surface area contributed by atoms with E-state index in [-0.39, 0.29) is 11.6 Å². The minimum absolute atomic E-state index is 0.116. The topological polar surface area (TPSA) is 83.8 Å². The Balaban J connectivity index is 1.87. The molecule has 1 unspecified atom stereocenters. The number of H-pyrrole nitrogens is 1. The predicted molar refractivity (Wildman–Crippen MR) is 79.8 cm³/mol. The molecule has 1 aliphatic rings. The minimum Gasteiger partial charge on any atom is -0.399 e. The minimum atomic E-state index is -0.116. The maximum absolute atomic E-state index is 11.6. The Bertz CT molecular complexity index is 693. The van der Waals surface area contributed by atoms with Crippen LogP contribution in [0.4, 0.5) is 11.5 Å². The molecule has 0 aliphatic heterocycles. The predicted octanol–water partition coefficient (Wildman–Crippen LogP) is 2.01. The molecule has 4 N–H and O–H groups in total. The van der Waals surface area contributed by atoms with Crippen LogP contribution in [0.15, 0.2) is 29.1 Å². The molecule has 2 aromatic rings. The first-order valence-electron chi connectivity index (χ1n) is 6.91. The summed E-state index contributed by atoms with van der Waals surface area (Å²) in [6.07, 6.45) is 2.71. The van der Waals surface area contributed by atoms with Gasteiger partial charge in [-0.15, -0.1) is 0 Å². The van der Waals surface area contributed by atoms with Gasteiger partial charge in [-0.1, -0.05) is 13.0 Å². The van der Waals surface area contributed by atoms with E-state index >= 15 is 0 Å². The molecule has 0 radical (unpaired) electrons. The van der Waals surface area contributed by atoms with Crippen LogP contribution in [0.2, 0.25) is 0 Å². The molecule has 0 amide bonds. The zero-order valence-corrected chi connectivity index (χ0v) is 11.4.